The van der Waals surface area contributed by atoms with Crippen LogP contribution in [0.3, 0.4) is 0 Å². The molecule has 2 rings (SSSR count). The number of likely N-dealkylation sites (tertiary alicyclic amines) is 1. The quantitative estimate of drug-likeness (QED) is 0.784. The monoisotopic (exact) mass is 227 g/mol. The smallest absolute Gasteiger partial charge is 0.317 e. The van der Waals surface area contributed by atoms with Gasteiger partial charge in [-0.3, -0.25) is 9.69 Å². The van der Waals surface area contributed by atoms with Crippen LogP contribution in [0, 0.1) is 11.3 Å². The highest BCUT2D eigenvalue weighted by molar-refractivity contribution is 5.69. The fourth-order valence-electron chi connectivity index (χ4n) is 3.53. The fraction of sp³-hybridized carbons (Fsp3) is 0.917. The molecule has 1 aliphatic carbocycles. The predicted octanol–water partition coefficient (Wildman–Crippen LogP) is 1.21. The number of carboxylic acid groups (broad SMARTS) is 1. The third-order valence-corrected chi connectivity index (χ3v) is 4.15. The van der Waals surface area contributed by atoms with Crippen molar-refractivity contribution in [1.29, 1.82) is 0 Å². The van der Waals surface area contributed by atoms with E-state index in [0.717, 1.165) is 19.7 Å². The van der Waals surface area contributed by atoms with Crippen LogP contribution in [0.5, 0.6) is 0 Å². The molecule has 92 valence electrons. The largest absolute Gasteiger partial charge is 0.480 e. The topological polar surface area (TPSA) is 49.8 Å². The van der Waals surface area contributed by atoms with E-state index in [1.165, 1.54) is 25.7 Å². The van der Waals surface area contributed by atoms with Crippen molar-refractivity contribution in [2.24, 2.45) is 11.3 Å². The molecule has 0 spiro atoms. The minimum Gasteiger partial charge on any atom is -0.480 e. The Balaban J connectivity index is 2.04. The van der Waals surface area contributed by atoms with Crippen LogP contribution >= 0.6 is 0 Å². The highest BCUT2D eigenvalue weighted by Crippen LogP contribution is 2.46. The minimum atomic E-state index is -0.716. The Morgan fingerprint density at radius 3 is 3.06 bits per heavy atom. The second-order valence-electron chi connectivity index (χ2n) is 5.30. The van der Waals surface area contributed by atoms with Crippen LogP contribution in [-0.4, -0.2) is 49.3 Å². The molecule has 0 bridgehead atoms. The molecule has 4 heteroatoms. The maximum atomic E-state index is 10.8. The van der Waals surface area contributed by atoms with Crippen molar-refractivity contribution in [3.8, 4) is 0 Å². The average Bonchev–Trinajstić information content (AvgIpc) is 2.54. The van der Waals surface area contributed by atoms with E-state index < -0.39 is 5.97 Å². The molecule has 2 aliphatic rings. The van der Waals surface area contributed by atoms with Crippen LogP contribution in [0.1, 0.15) is 25.7 Å². The van der Waals surface area contributed by atoms with Gasteiger partial charge >= 0.3 is 5.97 Å². The number of hydrogen-bond acceptors (Lipinski definition) is 3. The maximum absolute atomic E-state index is 10.8. The van der Waals surface area contributed by atoms with E-state index in [4.69, 9.17) is 9.84 Å². The summed E-state index contributed by atoms with van der Waals surface area (Å²) in [5.41, 5.74) is 0.239. The molecule has 1 heterocycles. The lowest BCUT2D eigenvalue weighted by Gasteiger charge is -2.38. The second kappa shape index (κ2) is 4.72. The summed E-state index contributed by atoms with van der Waals surface area (Å²) in [5, 5.41) is 8.85. The van der Waals surface area contributed by atoms with Crippen LogP contribution in [-0.2, 0) is 9.53 Å². The molecule has 1 saturated carbocycles. The third-order valence-electron chi connectivity index (χ3n) is 4.15. The Hall–Kier alpha value is -0.610. The van der Waals surface area contributed by atoms with Gasteiger partial charge in [0.1, 0.15) is 0 Å². The molecule has 1 N–H and O–H groups in total. The zero-order chi connectivity index (χ0) is 11.6. The van der Waals surface area contributed by atoms with Gasteiger partial charge in [-0.05, 0) is 18.8 Å². The molecule has 0 amide bonds. The number of carboxylic acids is 1. The van der Waals surface area contributed by atoms with Crippen molar-refractivity contribution in [2.45, 2.75) is 25.7 Å². The minimum absolute atomic E-state index is 0.183. The van der Waals surface area contributed by atoms with Crippen LogP contribution in [0.15, 0.2) is 0 Å². The summed E-state index contributed by atoms with van der Waals surface area (Å²) >= 11 is 0. The number of fused-ring (bicyclic) bond motifs is 1. The molecule has 0 aromatic rings. The Kier molecular flexibility index (Phi) is 3.50. The molecule has 0 aromatic heterocycles. The first-order valence-corrected chi connectivity index (χ1v) is 6.09. The Morgan fingerprint density at radius 1 is 1.56 bits per heavy atom. The van der Waals surface area contributed by atoms with Crippen LogP contribution < -0.4 is 0 Å². The molecule has 1 aliphatic heterocycles. The lowest BCUT2D eigenvalue weighted by atomic mass is 9.69. The van der Waals surface area contributed by atoms with Gasteiger partial charge in [0.15, 0.2) is 0 Å². The Bertz CT molecular complexity index is 265. The third kappa shape index (κ3) is 2.23. The van der Waals surface area contributed by atoms with E-state index in [0.29, 0.717) is 5.92 Å². The molecular formula is C12H21NO3. The highest BCUT2D eigenvalue weighted by atomic mass is 16.5. The van der Waals surface area contributed by atoms with Crippen molar-refractivity contribution < 1.29 is 14.6 Å². The van der Waals surface area contributed by atoms with E-state index in [1.54, 1.807) is 7.11 Å². The molecule has 4 nitrogen and oxygen atoms in total. The first kappa shape index (κ1) is 11.9. The molecule has 0 aromatic carbocycles. The maximum Gasteiger partial charge on any atom is 0.317 e. The molecule has 1 saturated heterocycles. The van der Waals surface area contributed by atoms with Crippen molar-refractivity contribution in [2.75, 3.05) is 33.4 Å². The number of ether oxygens (including phenoxy) is 1. The molecule has 16 heavy (non-hydrogen) atoms. The summed E-state index contributed by atoms with van der Waals surface area (Å²) < 4.78 is 5.37. The predicted molar refractivity (Wildman–Crippen MR) is 60.3 cm³/mol. The second-order valence-corrected chi connectivity index (χ2v) is 5.30. The van der Waals surface area contributed by atoms with Crippen LogP contribution in [0.25, 0.3) is 0 Å². The number of rotatable bonds is 4. The molecule has 2 fully saturated rings. The van der Waals surface area contributed by atoms with Crippen molar-refractivity contribution >= 4 is 5.97 Å². The summed E-state index contributed by atoms with van der Waals surface area (Å²) in [4.78, 5) is 12.8. The van der Waals surface area contributed by atoms with Gasteiger partial charge in [0.05, 0.1) is 13.2 Å². The summed E-state index contributed by atoms with van der Waals surface area (Å²) in [7, 11) is 1.75. The van der Waals surface area contributed by atoms with Gasteiger partial charge in [0.2, 0.25) is 0 Å². The van der Waals surface area contributed by atoms with Gasteiger partial charge in [-0.25, -0.2) is 0 Å². The lowest BCUT2D eigenvalue weighted by molar-refractivity contribution is -0.138. The van der Waals surface area contributed by atoms with E-state index in [1.807, 2.05) is 0 Å². The van der Waals surface area contributed by atoms with Gasteiger partial charge in [0, 0.05) is 25.6 Å². The van der Waals surface area contributed by atoms with E-state index in [-0.39, 0.29) is 12.0 Å². The Morgan fingerprint density at radius 2 is 2.38 bits per heavy atom. The van der Waals surface area contributed by atoms with Gasteiger partial charge in [-0.1, -0.05) is 12.8 Å². The SMILES string of the molecule is COC[C@@]12CCCC[C@H]1CN(CC(=O)O)C2. The van der Waals surface area contributed by atoms with Crippen molar-refractivity contribution in [3.63, 3.8) is 0 Å². The summed E-state index contributed by atoms with van der Waals surface area (Å²) in [6.45, 7) is 2.81. The highest BCUT2D eigenvalue weighted by Gasteiger charge is 2.47. The average molecular weight is 227 g/mol. The van der Waals surface area contributed by atoms with E-state index in [9.17, 15) is 4.79 Å². The fourth-order valence-corrected chi connectivity index (χ4v) is 3.53. The summed E-state index contributed by atoms with van der Waals surface area (Å²) in [5.74, 6) is -0.0771. The molecule has 0 radical (unpaired) electrons. The van der Waals surface area contributed by atoms with Gasteiger partial charge < -0.3 is 9.84 Å². The van der Waals surface area contributed by atoms with Crippen molar-refractivity contribution in [3.05, 3.63) is 0 Å². The zero-order valence-corrected chi connectivity index (χ0v) is 9.95. The molecular weight excluding hydrogens is 206 g/mol. The number of hydrogen-bond donors (Lipinski definition) is 1. The number of nitrogens with zero attached hydrogens (tertiary/aromatic N) is 1. The number of carbonyl (C=O) groups is 1. The van der Waals surface area contributed by atoms with E-state index in [2.05, 4.69) is 4.90 Å². The van der Waals surface area contributed by atoms with Gasteiger partial charge in [-0.15, -0.1) is 0 Å². The van der Waals surface area contributed by atoms with Gasteiger partial charge in [-0.2, -0.15) is 0 Å². The Labute approximate surface area is 96.6 Å². The van der Waals surface area contributed by atoms with E-state index >= 15 is 0 Å². The normalized spacial score (nSPS) is 34.9. The van der Waals surface area contributed by atoms with Gasteiger partial charge in [0.25, 0.3) is 0 Å². The lowest BCUT2D eigenvalue weighted by Crippen LogP contribution is -2.38. The first-order valence-electron chi connectivity index (χ1n) is 6.09. The summed E-state index contributed by atoms with van der Waals surface area (Å²) in [6, 6.07) is 0. The number of aliphatic carboxylic acids is 1. The standard InChI is InChI=1S/C12H21NO3/c1-16-9-12-5-3-2-4-10(12)6-13(8-12)7-11(14)15/h10H,2-9H2,1H3,(H,14,15)/t10-,12-/m0/s1. The van der Waals surface area contributed by atoms with Crippen molar-refractivity contribution in [1.82, 2.24) is 4.90 Å². The zero-order valence-electron chi connectivity index (χ0n) is 9.95. The first-order chi connectivity index (χ1) is 7.66. The number of methoxy groups -OCH3 is 1. The van der Waals surface area contributed by atoms with Crippen LogP contribution in [0.2, 0.25) is 0 Å². The molecule has 2 atom stereocenters. The summed E-state index contributed by atoms with van der Waals surface area (Å²) in [6.07, 6.45) is 4.99. The molecule has 0 unspecified atom stereocenters. The van der Waals surface area contributed by atoms with Crippen LogP contribution in [0.4, 0.5) is 0 Å².